The number of fused-ring (bicyclic) bond motifs is 1. The highest BCUT2D eigenvalue weighted by Gasteiger charge is 2.40. The smallest absolute Gasteiger partial charge is 0.326 e. The molecule has 0 saturated heterocycles. The van der Waals surface area contributed by atoms with Gasteiger partial charge in [0.2, 0.25) is 11.8 Å². The molecule has 192 valence electrons. The van der Waals surface area contributed by atoms with Crippen molar-refractivity contribution in [2.45, 2.75) is 58.7 Å². The van der Waals surface area contributed by atoms with E-state index in [0.29, 0.717) is 11.4 Å². The molecule has 3 rings (SSSR count). The van der Waals surface area contributed by atoms with Gasteiger partial charge in [-0.15, -0.1) is 0 Å². The highest BCUT2D eigenvalue weighted by molar-refractivity contribution is 6.12. The third-order valence-corrected chi connectivity index (χ3v) is 6.04. The van der Waals surface area contributed by atoms with Gasteiger partial charge in [-0.25, -0.2) is 9.59 Å². The Morgan fingerprint density at radius 1 is 0.944 bits per heavy atom. The number of anilines is 2. The van der Waals surface area contributed by atoms with E-state index >= 15 is 0 Å². The molecule has 4 amide bonds. The molecule has 1 heterocycles. The summed E-state index contributed by atoms with van der Waals surface area (Å²) in [6.45, 7) is 7.43. The van der Waals surface area contributed by atoms with Crippen LogP contribution in [0.3, 0.4) is 0 Å². The van der Waals surface area contributed by atoms with Crippen molar-refractivity contribution in [3.8, 4) is 0 Å². The predicted molar refractivity (Wildman–Crippen MR) is 138 cm³/mol. The summed E-state index contributed by atoms with van der Waals surface area (Å²) in [7, 11) is 0. The molecule has 3 atom stereocenters. The maximum absolute atomic E-state index is 13.7. The molecule has 0 bridgehead atoms. The third-order valence-electron chi connectivity index (χ3n) is 6.04. The summed E-state index contributed by atoms with van der Waals surface area (Å²) in [5, 5.41) is 17.8. The zero-order valence-corrected chi connectivity index (χ0v) is 21.0. The first kappa shape index (κ1) is 26.7. The Hall–Kier alpha value is -3.88. The minimum absolute atomic E-state index is 0.0451. The number of hydrogen-bond acceptors (Lipinski definition) is 4. The first-order chi connectivity index (χ1) is 17.1. The van der Waals surface area contributed by atoms with Crippen LogP contribution in [0.1, 0.15) is 39.7 Å². The molecule has 0 radical (unpaired) electrons. The predicted octanol–water partition coefficient (Wildman–Crippen LogP) is 3.41. The number of carboxylic acids is 1. The van der Waals surface area contributed by atoms with Crippen molar-refractivity contribution in [1.29, 1.82) is 0 Å². The van der Waals surface area contributed by atoms with Crippen molar-refractivity contribution in [2.24, 2.45) is 11.8 Å². The van der Waals surface area contributed by atoms with Gasteiger partial charge in [-0.05, 0) is 36.0 Å². The lowest BCUT2D eigenvalue weighted by atomic mass is 9.97. The molecule has 2 aromatic rings. The maximum Gasteiger partial charge on any atom is 0.326 e. The van der Waals surface area contributed by atoms with Gasteiger partial charge in [0.25, 0.3) is 0 Å². The number of nitrogens with one attached hydrogen (secondary N) is 3. The second kappa shape index (κ2) is 11.7. The molecule has 36 heavy (non-hydrogen) atoms. The number of urea groups is 1. The van der Waals surface area contributed by atoms with Crippen LogP contribution in [0.5, 0.6) is 0 Å². The number of para-hydroxylation sites is 2. The fourth-order valence-electron chi connectivity index (χ4n) is 4.34. The van der Waals surface area contributed by atoms with Gasteiger partial charge in [-0.3, -0.25) is 14.5 Å². The topological polar surface area (TPSA) is 128 Å². The second-order valence-electron chi connectivity index (χ2n) is 9.79. The summed E-state index contributed by atoms with van der Waals surface area (Å²) >= 11 is 0. The lowest BCUT2D eigenvalue weighted by molar-refractivity contribution is -0.142. The number of carbonyl (C=O) groups is 4. The Bertz CT molecular complexity index is 1100. The van der Waals surface area contributed by atoms with Crippen LogP contribution < -0.4 is 20.9 Å². The quantitative estimate of drug-likeness (QED) is 0.425. The lowest BCUT2D eigenvalue weighted by Gasteiger charge is -2.39. The van der Waals surface area contributed by atoms with E-state index in [1.54, 1.807) is 24.3 Å². The Labute approximate surface area is 211 Å². The molecule has 0 aliphatic carbocycles. The molecule has 2 aromatic carbocycles. The second-order valence-corrected chi connectivity index (χ2v) is 9.79. The summed E-state index contributed by atoms with van der Waals surface area (Å²) in [5.74, 6) is -2.21. The van der Waals surface area contributed by atoms with Gasteiger partial charge in [-0.1, -0.05) is 70.2 Å². The van der Waals surface area contributed by atoms with E-state index in [1.165, 1.54) is 4.90 Å². The molecule has 0 spiro atoms. The Morgan fingerprint density at radius 2 is 1.58 bits per heavy atom. The number of amides is 4. The van der Waals surface area contributed by atoms with Crippen LogP contribution in [0.2, 0.25) is 0 Å². The molecule has 1 aliphatic rings. The van der Waals surface area contributed by atoms with Gasteiger partial charge in [0.1, 0.15) is 18.1 Å². The molecule has 0 fully saturated rings. The fourth-order valence-corrected chi connectivity index (χ4v) is 4.34. The highest BCUT2D eigenvalue weighted by Crippen LogP contribution is 2.34. The number of hydrogen-bond donors (Lipinski definition) is 4. The normalized spacial score (nSPS) is 16.7. The van der Waals surface area contributed by atoms with Crippen LogP contribution in [0.15, 0.2) is 54.6 Å². The van der Waals surface area contributed by atoms with Gasteiger partial charge in [0, 0.05) is 6.42 Å². The maximum atomic E-state index is 13.7. The first-order valence-corrected chi connectivity index (χ1v) is 12.1. The molecule has 4 N–H and O–H groups in total. The van der Waals surface area contributed by atoms with Crippen molar-refractivity contribution < 1.29 is 24.3 Å². The van der Waals surface area contributed by atoms with Crippen LogP contribution in [-0.4, -0.2) is 47.0 Å². The lowest BCUT2D eigenvalue weighted by Crippen LogP contribution is -2.60. The first-order valence-electron chi connectivity index (χ1n) is 12.1. The zero-order chi connectivity index (χ0) is 26.4. The van der Waals surface area contributed by atoms with Crippen molar-refractivity contribution in [3.63, 3.8) is 0 Å². The van der Waals surface area contributed by atoms with E-state index in [2.05, 4.69) is 16.0 Å². The molecule has 9 heteroatoms. The van der Waals surface area contributed by atoms with E-state index in [4.69, 9.17) is 0 Å². The number of benzene rings is 2. The minimum Gasteiger partial charge on any atom is -0.480 e. The van der Waals surface area contributed by atoms with Gasteiger partial charge in [-0.2, -0.15) is 0 Å². The largest absolute Gasteiger partial charge is 0.480 e. The minimum atomic E-state index is -1.14. The van der Waals surface area contributed by atoms with Gasteiger partial charge < -0.3 is 21.1 Å². The fraction of sp³-hybridized carbons (Fsp3) is 0.407. The van der Waals surface area contributed by atoms with E-state index in [-0.39, 0.29) is 30.6 Å². The van der Waals surface area contributed by atoms with Crippen LogP contribution in [0.25, 0.3) is 0 Å². The third kappa shape index (κ3) is 6.41. The number of carboxylic acid groups (broad SMARTS) is 1. The molecule has 9 nitrogen and oxygen atoms in total. The van der Waals surface area contributed by atoms with Crippen LogP contribution >= 0.6 is 0 Å². The van der Waals surface area contributed by atoms with E-state index < -0.39 is 36.0 Å². The number of rotatable bonds is 9. The van der Waals surface area contributed by atoms with Crippen LogP contribution in [-0.2, 0) is 20.8 Å². The van der Waals surface area contributed by atoms with Crippen molar-refractivity contribution >= 4 is 35.2 Å². The van der Waals surface area contributed by atoms with Gasteiger partial charge >= 0.3 is 12.0 Å². The summed E-state index contributed by atoms with van der Waals surface area (Å²) in [5.41, 5.74) is 1.82. The van der Waals surface area contributed by atoms with Gasteiger partial charge in [0.15, 0.2) is 0 Å². The summed E-state index contributed by atoms with van der Waals surface area (Å²) in [4.78, 5) is 53.0. The van der Waals surface area contributed by atoms with E-state index in [9.17, 15) is 24.3 Å². The van der Waals surface area contributed by atoms with Crippen molar-refractivity contribution in [3.05, 3.63) is 60.2 Å². The molecule has 0 aromatic heterocycles. The Balaban J connectivity index is 1.92. The van der Waals surface area contributed by atoms with Crippen molar-refractivity contribution in [1.82, 2.24) is 10.6 Å². The van der Waals surface area contributed by atoms with Crippen molar-refractivity contribution in [2.75, 3.05) is 10.2 Å². The molecular weight excluding hydrogens is 460 g/mol. The standard InChI is InChI=1S/C27H34N4O5/c1-16(2)14-21(26(34)35)29-24(32)20(15-18-10-6-5-7-11-18)30-27(36)31-22-13-9-8-12-19(22)28-25(33)23(31)17(3)4/h5-13,16-17,20-21,23H,14-15H2,1-4H3,(H,28,33)(H,29,32)(H,30,36)(H,34,35). The van der Waals surface area contributed by atoms with Gasteiger partial charge in [0.05, 0.1) is 11.4 Å². The molecule has 0 saturated carbocycles. The summed E-state index contributed by atoms with van der Waals surface area (Å²) < 4.78 is 0. The average molecular weight is 495 g/mol. The average Bonchev–Trinajstić information content (AvgIpc) is 2.82. The van der Waals surface area contributed by atoms with E-state index in [0.717, 1.165) is 5.56 Å². The monoisotopic (exact) mass is 494 g/mol. The highest BCUT2D eigenvalue weighted by atomic mass is 16.4. The molecular formula is C27H34N4O5. The molecule has 1 aliphatic heterocycles. The number of nitrogens with zero attached hydrogens (tertiary/aromatic N) is 1. The molecule has 3 unspecified atom stereocenters. The van der Waals surface area contributed by atoms with Crippen LogP contribution in [0.4, 0.5) is 16.2 Å². The zero-order valence-electron chi connectivity index (χ0n) is 21.0. The van der Waals surface area contributed by atoms with Crippen LogP contribution in [0, 0.1) is 11.8 Å². The number of carbonyl (C=O) groups excluding carboxylic acids is 3. The number of aliphatic carboxylic acids is 1. The Morgan fingerprint density at radius 3 is 2.19 bits per heavy atom. The van der Waals surface area contributed by atoms with E-state index in [1.807, 2.05) is 58.0 Å². The Kier molecular flexibility index (Phi) is 8.68. The summed E-state index contributed by atoms with van der Waals surface area (Å²) in [6.07, 6.45) is 0.405. The SMILES string of the molecule is CC(C)CC(NC(=O)C(Cc1ccccc1)NC(=O)N1c2ccccc2NC(=O)C1C(C)C)C(=O)O. The summed E-state index contributed by atoms with van der Waals surface area (Å²) in [6, 6.07) is 12.6.